The highest BCUT2D eigenvalue weighted by molar-refractivity contribution is 5.54. The van der Waals surface area contributed by atoms with Gasteiger partial charge in [0.1, 0.15) is 0 Å². The average Bonchev–Trinajstić information content (AvgIpc) is 2.46. The summed E-state index contributed by atoms with van der Waals surface area (Å²) in [5.74, 6) is 0.927. The zero-order chi connectivity index (χ0) is 13.8. The van der Waals surface area contributed by atoms with Gasteiger partial charge in [0.05, 0.1) is 6.10 Å². The third kappa shape index (κ3) is 3.30. The van der Waals surface area contributed by atoms with Crippen molar-refractivity contribution in [1.82, 2.24) is 0 Å². The van der Waals surface area contributed by atoms with Crippen molar-refractivity contribution in [3.05, 3.63) is 29.8 Å². The lowest BCUT2D eigenvalue weighted by Gasteiger charge is -2.37. The number of rotatable bonds is 4. The minimum Gasteiger partial charge on any atom is -0.389 e. The Morgan fingerprint density at radius 1 is 1.21 bits per heavy atom. The Labute approximate surface area is 117 Å². The van der Waals surface area contributed by atoms with E-state index >= 15 is 0 Å². The molecule has 1 atom stereocenters. The van der Waals surface area contributed by atoms with Gasteiger partial charge in [0.25, 0.3) is 0 Å². The highest BCUT2D eigenvalue weighted by Crippen LogP contribution is 2.33. The van der Waals surface area contributed by atoms with Crippen LogP contribution in [0.25, 0.3) is 0 Å². The lowest BCUT2D eigenvalue weighted by Crippen LogP contribution is -2.35. The average molecular weight is 261 g/mol. The van der Waals surface area contributed by atoms with E-state index < -0.39 is 6.10 Å². The van der Waals surface area contributed by atoms with Crippen LogP contribution in [0, 0.1) is 5.92 Å². The molecular formula is C17H27NO. The van der Waals surface area contributed by atoms with Crippen molar-refractivity contribution < 1.29 is 5.11 Å². The van der Waals surface area contributed by atoms with Crippen molar-refractivity contribution in [2.24, 2.45) is 5.92 Å². The maximum atomic E-state index is 9.91. The number of nitrogens with zero attached hydrogens (tertiary/aromatic N) is 1. The summed E-state index contributed by atoms with van der Waals surface area (Å²) in [5.41, 5.74) is 2.24. The van der Waals surface area contributed by atoms with Crippen molar-refractivity contribution in [2.75, 3.05) is 11.9 Å². The van der Waals surface area contributed by atoms with E-state index in [-0.39, 0.29) is 0 Å². The van der Waals surface area contributed by atoms with Gasteiger partial charge in [-0.25, -0.2) is 0 Å². The lowest BCUT2D eigenvalue weighted by molar-refractivity contribution is 0.199. The van der Waals surface area contributed by atoms with Gasteiger partial charge in [0.15, 0.2) is 0 Å². The first-order valence-corrected chi connectivity index (χ1v) is 7.63. The van der Waals surface area contributed by atoms with Crippen LogP contribution in [0.15, 0.2) is 24.3 Å². The van der Waals surface area contributed by atoms with Crippen LogP contribution >= 0.6 is 0 Å². The smallest absolute Gasteiger partial charge is 0.0781 e. The van der Waals surface area contributed by atoms with Crippen LogP contribution in [0.2, 0.25) is 0 Å². The fourth-order valence-corrected chi connectivity index (χ4v) is 3.30. The van der Waals surface area contributed by atoms with Crippen LogP contribution in [-0.2, 0) is 0 Å². The summed E-state index contributed by atoms with van der Waals surface area (Å²) in [6.07, 6.45) is 6.18. The largest absolute Gasteiger partial charge is 0.389 e. The predicted octanol–water partition coefficient (Wildman–Crippen LogP) is 4.14. The second-order valence-corrected chi connectivity index (χ2v) is 5.93. The molecule has 0 aromatic heterocycles. The highest BCUT2D eigenvalue weighted by atomic mass is 16.3. The number of para-hydroxylation sites is 1. The molecule has 1 fully saturated rings. The Hall–Kier alpha value is -1.02. The summed E-state index contributed by atoms with van der Waals surface area (Å²) >= 11 is 0. The Kier molecular flexibility index (Phi) is 4.87. The molecule has 0 unspecified atom stereocenters. The SMILES string of the molecule is CCC1CCC(N(C)c2ccccc2[C@@H](C)O)CC1. The van der Waals surface area contributed by atoms with E-state index in [4.69, 9.17) is 0 Å². The second kappa shape index (κ2) is 6.42. The molecule has 19 heavy (non-hydrogen) atoms. The molecule has 1 aromatic rings. The van der Waals surface area contributed by atoms with E-state index in [2.05, 4.69) is 31.0 Å². The first kappa shape index (κ1) is 14.4. The number of anilines is 1. The first-order chi connectivity index (χ1) is 9.13. The van der Waals surface area contributed by atoms with Gasteiger partial charge in [-0.3, -0.25) is 0 Å². The Bertz CT molecular complexity index is 394. The maximum Gasteiger partial charge on any atom is 0.0781 e. The maximum absolute atomic E-state index is 9.91. The number of benzene rings is 1. The summed E-state index contributed by atoms with van der Waals surface area (Å²) in [6, 6.07) is 8.87. The molecule has 0 aliphatic heterocycles. The van der Waals surface area contributed by atoms with Crippen LogP contribution in [0.4, 0.5) is 5.69 Å². The van der Waals surface area contributed by atoms with Gasteiger partial charge in [0, 0.05) is 24.3 Å². The molecule has 2 heteroatoms. The van der Waals surface area contributed by atoms with Gasteiger partial charge >= 0.3 is 0 Å². The molecule has 1 saturated carbocycles. The van der Waals surface area contributed by atoms with E-state index in [0.717, 1.165) is 11.5 Å². The minimum absolute atomic E-state index is 0.398. The number of aliphatic hydroxyl groups is 1. The van der Waals surface area contributed by atoms with E-state index in [9.17, 15) is 5.11 Å². The molecule has 1 N–H and O–H groups in total. The molecule has 0 heterocycles. The van der Waals surface area contributed by atoms with Crippen molar-refractivity contribution >= 4 is 5.69 Å². The Balaban J connectivity index is 2.10. The fourth-order valence-electron chi connectivity index (χ4n) is 3.30. The van der Waals surface area contributed by atoms with Crippen LogP contribution in [0.3, 0.4) is 0 Å². The normalized spacial score (nSPS) is 25.1. The van der Waals surface area contributed by atoms with Crippen LogP contribution in [-0.4, -0.2) is 18.2 Å². The van der Waals surface area contributed by atoms with Crippen LogP contribution in [0.1, 0.15) is 57.6 Å². The van der Waals surface area contributed by atoms with Gasteiger partial charge < -0.3 is 10.0 Å². The van der Waals surface area contributed by atoms with E-state index in [1.165, 1.54) is 37.8 Å². The molecule has 1 aromatic carbocycles. The first-order valence-electron chi connectivity index (χ1n) is 7.63. The van der Waals surface area contributed by atoms with Gasteiger partial charge in [-0.05, 0) is 44.6 Å². The Morgan fingerprint density at radius 3 is 2.42 bits per heavy atom. The minimum atomic E-state index is -0.398. The van der Waals surface area contributed by atoms with Crippen molar-refractivity contribution in [3.63, 3.8) is 0 Å². The predicted molar refractivity (Wildman–Crippen MR) is 81.5 cm³/mol. The molecule has 0 bridgehead atoms. The van der Waals surface area contributed by atoms with E-state index in [0.29, 0.717) is 6.04 Å². The molecule has 0 radical (unpaired) electrons. The fraction of sp³-hybridized carbons (Fsp3) is 0.647. The zero-order valence-electron chi connectivity index (χ0n) is 12.5. The van der Waals surface area contributed by atoms with Crippen LogP contribution in [0.5, 0.6) is 0 Å². The molecule has 2 nitrogen and oxygen atoms in total. The van der Waals surface area contributed by atoms with Crippen molar-refractivity contribution in [2.45, 2.75) is 58.1 Å². The standard InChI is InChI=1S/C17H27NO/c1-4-14-9-11-15(12-10-14)18(3)17-8-6-5-7-16(17)13(2)19/h5-8,13-15,19H,4,9-12H2,1-3H3/t13-,14?,15?/m1/s1. The van der Waals surface area contributed by atoms with E-state index in [1.54, 1.807) is 0 Å². The molecule has 106 valence electrons. The third-order valence-corrected chi connectivity index (χ3v) is 4.71. The summed E-state index contributed by atoms with van der Waals surface area (Å²) in [6.45, 7) is 4.15. The van der Waals surface area contributed by atoms with Gasteiger partial charge in [0.2, 0.25) is 0 Å². The monoisotopic (exact) mass is 261 g/mol. The van der Waals surface area contributed by atoms with E-state index in [1.807, 2.05) is 19.1 Å². The van der Waals surface area contributed by atoms with Crippen molar-refractivity contribution in [3.8, 4) is 0 Å². The summed E-state index contributed by atoms with van der Waals surface area (Å²) in [7, 11) is 2.18. The highest BCUT2D eigenvalue weighted by Gasteiger charge is 2.24. The van der Waals surface area contributed by atoms with Gasteiger partial charge in [-0.1, -0.05) is 31.5 Å². The summed E-state index contributed by atoms with van der Waals surface area (Å²) in [4.78, 5) is 2.38. The van der Waals surface area contributed by atoms with Crippen LogP contribution < -0.4 is 4.90 Å². The molecule has 2 rings (SSSR count). The second-order valence-electron chi connectivity index (χ2n) is 5.93. The summed E-state index contributed by atoms with van der Waals surface area (Å²) in [5, 5.41) is 9.91. The lowest BCUT2D eigenvalue weighted by atomic mass is 9.84. The number of hydrogen-bond acceptors (Lipinski definition) is 2. The third-order valence-electron chi connectivity index (χ3n) is 4.71. The Morgan fingerprint density at radius 2 is 1.84 bits per heavy atom. The number of aliphatic hydroxyl groups excluding tert-OH is 1. The number of hydrogen-bond donors (Lipinski definition) is 1. The zero-order valence-corrected chi connectivity index (χ0v) is 12.5. The summed E-state index contributed by atoms with van der Waals surface area (Å²) < 4.78 is 0. The molecule has 0 amide bonds. The molecule has 1 aliphatic rings. The topological polar surface area (TPSA) is 23.5 Å². The van der Waals surface area contributed by atoms with Gasteiger partial charge in [-0.15, -0.1) is 0 Å². The molecule has 0 spiro atoms. The van der Waals surface area contributed by atoms with Gasteiger partial charge in [-0.2, -0.15) is 0 Å². The molecule has 1 aliphatic carbocycles. The van der Waals surface area contributed by atoms with Crippen molar-refractivity contribution in [1.29, 1.82) is 0 Å². The molecule has 0 saturated heterocycles. The molecular weight excluding hydrogens is 234 g/mol. The quantitative estimate of drug-likeness (QED) is 0.880.